The monoisotopic (exact) mass is 263 g/mol. The van der Waals surface area contributed by atoms with Gasteiger partial charge in [-0.25, -0.2) is 0 Å². The van der Waals surface area contributed by atoms with Gasteiger partial charge in [0.2, 0.25) is 0 Å². The van der Waals surface area contributed by atoms with Gasteiger partial charge in [-0.1, -0.05) is 26.0 Å². The fraction of sp³-hybridized carbons (Fsp3) is 0.533. The molecule has 2 rings (SSSR count). The molecule has 0 amide bonds. The SMILES string of the molecule is CC(C)(CNCc1ccc2c(c1)CCO2)CC(=O)O. The molecule has 0 saturated heterocycles. The van der Waals surface area contributed by atoms with Gasteiger partial charge in [-0.15, -0.1) is 0 Å². The summed E-state index contributed by atoms with van der Waals surface area (Å²) >= 11 is 0. The van der Waals surface area contributed by atoms with Crippen LogP contribution in [0.15, 0.2) is 18.2 Å². The molecule has 19 heavy (non-hydrogen) atoms. The molecule has 1 aliphatic heterocycles. The molecule has 0 unspecified atom stereocenters. The number of nitrogens with one attached hydrogen (secondary N) is 1. The lowest BCUT2D eigenvalue weighted by atomic mass is 9.89. The topological polar surface area (TPSA) is 58.6 Å². The molecule has 1 heterocycles. The average molecular weight is 263 g/mol. The van der Waals surface area contributed by atoms with Crippen LogP contribution in [0.4, 0.5) is 0 Å². The first-order valence-corrected chi connectivity index (χ1v) is 6.63. The Bertz CT molecular complexity index is 468. The van der Waals surface area contributed by atoms with Crippen molar-refractivity contribution in [3.63, 3.8) is 0 Å². The van der Waals surface area contributed by atoms with Crippen molar-refractivity contribution >= 4 is 5.97 Å². The minimum atomic E-state index is -0.749. The quantitative estimate of drug-likeness (QED) is 0.826. The first-order valence-electron chi connectivity index (χ1n) is 6.63. The molecular formula is C15H21NO3. The molecule has 0 saturated carbocycles. The second-order valence-corrected chi connectivity index (χ2v) is 5.88. The number of carboxylic acid groups (broad SMARTS) is 1. The molecule has 1 aromatic carbocycles. The Balaban J connectivity index is 1.84. The molecule has 0 aliphatic carbocycles. The highest BCUT2D eigenvalue weighted by Crippen LogP contribution is 2.26. The predicted molar refractivity (Wildman–Crippen MR) is 73.4 cm³/mol. The van der Waals surface area contributed by atoms with E-state index in [0.29, 0.717) is 6.54 Å². The van der Waals surface area contributed by atoms with Gasteiger partial charge < -0.3 is 15.2 Å². The van der Waals surface area contributed by atoms with Gasteiger partial charge in [0, 0.05) is 19.5 Å². The van der Waals surface area contributed by atoms with Gasteiger partial charge in [-0.2, -0.15) is 0 Å². The van der Waals surface area contributed by atoms with Crippen LogP contribution >= 0.6 is 0 Å². The minimum Gasteiger partial charge on any atom is -0.493 e. The number of hydrogen-bond acceptors (Lipinski definition) is 3. The highest BCUT2D eigenvalue weighted by Gasteiger charge is 2.21. The Hall–Kier alpha value is -1.55. The predicted octanol–water partition coefficient (Wildman–Crippen LogP) is 2.21. The molecular weight excluding hydrogens is 242 g/mol. The van der Waals surface area contributed by atoms with Crippen LogP contribution in [0.3, 0.4) is 0 Å². The second kappa shape index (κ2) is 5.61. The average Bonchev–Trinajstić information content (AvgIpc) is 2.74. The lowest BCUT2D eigenvalue weighted by Crippen LogP contribution is -2.31. The molecule has 2 N–H and O–H groups in total. The molecule has 1 aliphatic rings. The summed E-state index contributed by atoms with van der Waals surface area (Å²) in [6.45, 7) is 6.15. The Kier molecular flexibility index (Phi) is 4.10. The maximum Gasteiger partial charge on any atom is 0.303 e. The lowest BCUT2D eigenvalue weighted by Gasteiger charge is -2.22. The number of rotatable bonds is 6. The summed E-state index contributed by atoms with van der Waals surface area (Å²) in [5.74, 6) is 0.247. The number of carbonyl (C=O) groups is 1. The van der Waals surface area contributed by atoms with E-state index in [-0.39, 0.29) is 11.8 Å². The zero-order chi connectivity index (χ0) is 13.9. The summed E-state index contributed by atoms with van der Waals surface area (Å²) < 4.78 is 5.47. The van der Waals surface area contributed by atoms with Crippen molar-refractivity contribution < 1.29 is 14.6 Å². The molecule has 1 aromatic rings. The Morgan fingerprint density at radius 1 is 1.47 bits per heavy atom. The van der Waals surface area contributed by atoms with E-state index in [2.05, 4.69) is 17.4 Å². The molecule has 0 atom stereocenters. The number of fused-ring (bicyclic) bond motifs is 1. The maximum absolute atomic E-state index is 10.7. The summed E-state index contributed by atoms with van der Waals surface area (Å²) in [5.41, 5.74) is 2.26. The number of aliphatic carboxylic acids is 1. The highest BCUT2D eigenvalue weighted by molar-refractivity contribution is 5.67. The summed E-state index contributed by atoms with van der Waals surface area (Å²) in [6, 6.07) is 6.24. The van der Waals surface area contributed by atoms with E-state index in [0.717, 1.165) is 25.3 Å². The van der Waals surface area contributed by atoms with Gasteiger partial charge in [0.1, 0.15) is 5.75 Å². The highest BCUT2D eigenvalue weighted by atomic mass is 16.5. The van der Waals surface area contributed by atoms with Gasteiger partial charge in [-0.3, -0.25) is 4.79 Å². The number of carboxylic acids is 1. The van der Waals surface area contributed by atoms with E-state index in [1.54, 1.807) is 0 Å². The van der Waals surface area contributed by atoms with E-state index in [1.807, 2.05) is 19.9 Å². The van der Waals surface area contributed by atoms with Crippen LogP contribution in [0.5, 0.6) is 5.75 Å². The smallest absolute Gasteiger partial charge is 0.303 e. The van der Waals surface area contributed by atoms with Crippen molar-refractivity contribution in [1.29, 1.82) is 0 Å². The molecule has 0 fully saturated rings. The van der Waals surface area contributed by atoms with Crippen LogP contribution in [0, 0.1) is 5.41 Å². The van der Waals surface area contributed by atoms with Gasteiger partial charge >= 0.3 is 5.97 Å². The van der Waals surface area contributed by atoms with Crippen molar-refractivity contribution in [3.8, 4) is 5.75 Å². The van der Waals surface area contributed by atoms with Crippen LogP contribution in [-0.4, -0.2) is 24.2 Å². The molecule has 4 nitrogen and oxygen atoms in total. The van der Waals surface area contributed by atoms with Gasteiger partial charge in [0.25, 0.3) is 0 Å². The fourth-order valence-corrected chi connectivity index (χ4v) is 2.37. The van der Waals surface area contributed by atoms with Crippen LogP contribution < -0.4 is 10.1 Å². The van der Waals surface area contributed by atoms with Crippen molar-refractivity contribution in [3.05, 3.63) is 29.3 Å². The van der Waals surface area contributed by atoms with Gasteiger partial charge in [0.05, 0.1) is 13.0 Å². The third-order valence-corrected chi connectivity index (χ3v) is 3.32. The first kappa shape index (κ1) is 13.9. The molecule has 0 spiro atoms. The van der Waals surface area contributed by atoms with Crippen LogP contribution in [-0.2, 0) is 17.8 Å². The zero-order valence-electron chi connectivity index (χ0n) is 11.5. The summed E-state index contributed by atoms with van der Waals surface area (Å²) in [4.78, 5) is 10.7. The van der Waals surface area contributed by atoms with Crippen LogP contribution in [0.2, 0.25) is 0 Å². The first-order chi connectivity index (χ1) is 8.96. The summed E-state index contributed by atoms with van der Waals surface area (Å²) in [7, 11) is 0. The lowest BCUT2D eigenvalue weighted by molar-refractivity contribution is -0.139. The third kappa shape index (κ3) is 3.96. The number of ether oxygens (including phenoxy) is 1. The Labute approximate surface area is 113 Å². The van der Waals surface area contributed by atoms with Gasteiger partial charge in [0.15, 0.2) is 0 Å². The van der Waals surface area contributed by atoms with E-state index in [1.165, 1.54) is 11.1 Å². The van der Waals surface area contributed by atoms with Gasteiger partial charge in [-0.05, 0) is 22.6 Å². The molecule has 104 valence electrons. The fourth-order valence-electron chi connectivity index (χ4n) is 2.37. The van der Waals surface area contributed by atoms with Crippen LogP contribution in [0.25, 0.3) is 0 Å². The number of hydrogen-bond donors (Lipinski definition) is 2. The van der Waals surface area contributed by atoms with Crippen molar-refractivity contribution in [2.75, 3.05) is 13.2 Å². The normalized spacial score (nSPS) is 14.0. The van der Waals surface area contributed by atoms with E-state index >= 15 is 0 Å². The van der Waals surface area contributed by atoms with Crippen molar-refractivity contribution in [1.82, 2.24) is 5.32 Å². The molecule has 0 bridgehead atoms. The largest absolute Gasteiger partial charge is 0.493 e. The number of benzene rings is 1. The summed E-state index contributed by atoms with van der Waals surface area (Å²) in [6.07, 6.45) is 1.16. The van der Waals surface area contributed by atoms with Crippen molar-refractivity contribution in [2.45, 2.75) is 33.2 Å². The maximum atomic E-state index is 10.7. The molecule has 4 heteroatoms. The standard InChI is InChI=1S/C15H21NO3/c1-15(2,8-14(17)18)10-16-9-11-3-4-13-12(7-11)5-6-19-13/h3-4,7,16H,5-6,8-10H2,1-2H3,(H,17,18). The molecule has 0 aromatic heterocycles. The van der Waals surface area contributed by atoms with Crippen molar-refractivity contribution in [2.24, 2.45) is 5.41 Å². The summed E-state index contributed by atoms with van der Waals surface area (Å²) in [5, 5.41) is 12.2. The Morgan fingerprint density at radius 2 is 2.26 bits per heavy atom. The van der Waals surface area contributed by atoms with E-state index < -0.39 is 5.97 Å². The van der Waals surface area contributed by atoms with E-state index in [9.17, 15) is 4.79 Å². The van der Waals surface area contributed by atoms with Crippen LogP contribution in [0.1, 0.15) is 31.4 Å². The second-order valence-electron chi connectivity index (χ2n) is 5.88. The Morgan fingerprint density at radius 3 is 3.00 bits per heavy atom. The molecule has 0 radical (unpaired) electrons. The van der Waals surface area contributed by atoms with E-state index in [4.69, 9.17) is 9.84 Å². The minimum absolute atomic E-state index is 0.179. The third-order valence-electron chi connectivity index (χ3n) is 3.32. The zero-order valence-corrected chi connectivity index (χ0v) is 11.5.